The first-order chi connectivity index (χ1) is 8.52. The molecule has 0 aliphatic rings. The highest BCUT2D eigenvalue weighted by Crippen LogP contribution is 2.26. The van der Waals surface area contributed by atoms with Crippen molar-refractivity contribution in [1.82, 2.24) is 9.78 Å². The Morgan fingerprint density at radius 1 is 1.28 bits per heavy atom. The van der Waals surface area contributed by atoms with Crippen molar-refractivity contribution in [3.05, 3.63) is 45.2 Å². The molecule has 0 spiro atoms. The summed E-state index contributed by atoms with van der Waals surface area (Å²) in [5, 5.41) is 4.55. The number of rotatable bonds is 3. The van der Waals surface area contributed by atoms with Gasteiger partial charge in [-0.05, 0) is 60.0 Å². The average molecular weight is 309 g/mol. The maximum absolute atomic E-state index is 5.23. The number of benzene rings is 1. The molecule has 1 heterocycles. The molecule has 0 amide bonds. The molecule has 96 valence electrons. The number of methoxy groups -OCH3 is 1. The molecule has 0 atom stereocenters. The van der Waals surface area contributed by atoms with Crippen molar-refractivity contribution >= 4 is 15.9 Å². The third kappa shape index (κ3) is 2.43. The number of aromatic nitrogens is 2. The zero-order chi connectivity index (χ0) is 13.3. The maximum atomic E-state index is 5.23. The van der Waals surface area contributed by atoms with Gasteiger partial charge in [0.25, 0.3) is 0 Å². The average Bonchev–Trinajstić information content (AvgIpc) is 2.57. The van der Waals surface area contributed by atoms with Crippen LogP contribution < -0.4 is 4.74 Å². The lowest BCUT2D eigenvalue weighted by Gasteiger charge is -2.08. The Morgan fingerprint density at radius 2 is 2.00 bits per heavy atom. The largest absolute Gasteiger partial charge is 0.496 e. The van der Waals surface area contributed by atoms with E-state index in [9.17, 15) is 0 Å². The van der Waals surface area contributed by atoms with Crippen LogP contribution >= 0.6 is 15.9 Å². The van der Waals surface area contributed by atoms with E-state index in [0.29, 0.717) is 0 Å². The van der Waals surface area contributed by atoms with E-state index < -0.39 is 0 Å². The molecule has 0 fully saturated rings. The lowest BCUT2D eigenvalue weighted by Crippen LogP contribution is -2.04. The fraction of sp³-hybridized carbons (Fsp3) is 0.357. The van der Waals surface area contributed by atoms with Crippen LogP contribution in [0.3, 0.4) is 0 Å². The molecule has 0 aliphatic carbocycles. The van der Waals surface area contributed by atoms with Crippen LogP contribution in [0.5, 0.6) is 5.75 Å². The maximum Gasteiger partial charge on any atom is 0.133 e. The normalized spacial score (nSPS) is 10.7. The Morgan fingerprint density at radius 3 is 2.50 bits per heavy atom. The van der Waals surface area contributed by atoms with Gasteiger partial charge in [0.05, 0.1) is 23.8 Å². The molecule has 1 aromatic carbocycles. The summed E-state index contributed by atoms with van der Waals surface area (Å²) in [6.07, 6.45) is 0. The molecule has 0 unspecified atom stereocenters. The van der Waals surface area contributed by atoms with Gasteiger partial charge in [0.15, 0.2) is 0 Å². The molecular weight excluding hydrogens is 292 g/mol. The van der Waals surface area contributed by atoms with Gasteiger partial charge in [-0.2, -0.15) is 5.10 Å². The molecule has 4 heteroatoms. The summed E-state index contributed by atoms with van der Waals surface area (Å²) in [6.45, 7) is 7.04. The minimum absolute atomic E-state index is 0.781. The van der Waals surface area contributed by atoms with Crippen LogP contribution in [0.4, 0.5) is 0 Å². The van der Waals surface area contributed by atoms with Gasteiger partial charge in [-0.1, -0.05) is 6.07 Å². The van der Waals surface area contributed by atoms with Crippen molar-refractivity contribution in [2.75, 3.05) is 7.11 Å². The summed E-state index contributed by atoms with van der Waals surface area (Å²) >= 11 is 3.50. The quantitative estimate of drug-likeness (QED) is 0.866. The molecular formula is C14H17BrN2O. The molecule has 3 nitrogen and oxygen atoms in total. The van der Waals surface area contributed by atoms with Gasteiger partial charge >= 0.3 is 0 Å². The first kappa shape index (κ1) is 13.1. The van der Waals surface area contributed by atoms with Crippen LogP contribution in [-0.4, -0.2) is 16.9 Å². The first-order valence-electron chi connectivity index (χ1n) is 5.86. The van der Waals surface area contributed by atoms with E-state index in [1.165, 1.54) is 16.8 Å². The van der Waals surface area contributed by atoms with Gasteiger partial charge in [-0.3, -0.25) is 4.68 Å². The molecule has 0 bridgehead atoms. The second-order valence-corrected chi connectivity index (χ2v) is 5.28. The topological polar surface area (TPSA) is 27.1 Å². The standard InChI is InChI=1S/C14H17BrN2O/c1-9-10(2)16-17(11(9)3)8-12-5-6-14(18-4)13(15)7-12/h5-7H,8H2,1-4H3. The molecule has 2 rings (SSSR count). The minimum atomic E-state index is 0.781. The third-order valence-corrected chi connectivity index (χ3v) is 3.91. The number of hydrogen-bond donors (Lipinski definition) is 0. The predicted molar refractivity (Wildman–Crippen MR) is 76.2 cm³/mol. The van der Waals surface area contributed by atoms with Crippen LogP contribution in [0.2, 0.25) is 0 Å². The summed E-state index contributed by atoms with van der Waals surface area (Å²) in [5.41, 5.74) is 4.79. The second kappa shape index (κ2) is 5.14. The Balaban J connectivity index is 2.28. The predicted octanol–water partition coefficient (Wildman–Crippen LogP) is 3.63. The number of aryl methyl sites for hydroxylation is 1. The third-order valence-electron chi connectivity index (χ3n) is 3.29. The second-order valence-electron chi connectivity index (χ2n) is 4.42. The van der Waals surface area contributed by atoms with Crippen molar-refractivity contribution < 1.29 is 4.74 Å². The molecule has 1 aromatic heterocycles. The van der Waals surface area contributed by atoms with Crippen molar-refractivity contribution in [3.63, 3.8) is 0 Å². The monoisotopic (exact) mass is 308 g/mol. The van der Waals surface area contributed by atoms with Crippen molar-refractivity contribution in [2.45, 2.75) is 27.3 Å². The number of ether oxygens (including phenoxy) is 1. The zero-order valence-electron chi connectivity index (χ0n) is 11.1. The molecule has 0 saturated heterocycles. The van der Waals surface area contributed by atoms with Gasteiger partial charge in [-0.25, -0.2) is 0 Å². The van der Waals surface area contributed by atoms with Gasteiger partial charge in [0.2, 0.25) is 0 Å². The van der Waals surface area contributed by atoms with Crippen LogP contribution in [0.1, 0.15) is 22.5 Å². The highest BCUT2D eigenvalue weighted by Gasteiger charge is 2.08. The fourth-order valence-electron chi connectivity index (χ4n) is 1.92. The van der Waals surface area contributed by atoms with E-state index in [1.807, 2.05) is 17.7 Å². The van der Waals surface area contributed by atoms with Gasteiger partial charge in [0, 0.05) is 5.69 Å². The summed E-state index contributed by atoms with van der Waals surface area (Å²) in [4.78, 5) is 0. The van der Waals surface area contributed by atoms with Crippen LogP contribution in [0.15, 0.2) is 22.7 Å². The SMILES string of the molecule is COc1ccc(Cn2nc(C)c(C)c2C)cc1Br. The van der Waals surface area contributed by atoms with Crippen molar-refractivity contribution in [2.24, 2.45) is 0 Å². The van der Waals surface area contributed by atoms with E-state index in [-0.39, 0.29) is 0 Å². The number of halogens is 1. The minimum Gasteiger partial charge on any atom is -0.496 e. The summed E-state index contributed by atoms with van der Waals surface area (Å²) in [5.74, 6) is 0.850. The molecule has 0 N–H and O–H groups in total. The summed E-state index contributed by atoms with van der Waals surface area (Å²) in [6, 6.07) is 6.11. The Labute approximate surface area is 116 Å². The Bertz CT molecular complexity index is 575. The van der Waals surface area contributed by atoms with Crippen LogP contribution in [0, 0.1) is 20.8 Å². The van der Waals surface area contributed by atoms with E-state index in [0.717, 1.165) is 22.5 Å². The van der Waals surface area contributed by atoms with Crippen LogP contribution in [0.25, 0.3) is 0 Å². The summed E-state index contributed by atoms with van der Waals surface area (Å²) < 4.78 is 8.24. The van der Waals surface area contributed by atoms with Gasteiger partial charge in [0.1, 0.15) is 5.75 Å². The smallest absolute Gasteiger partial charge is 0.133 e. The van der Waals surface area contributed by atoms with E-state index in [1.54, 1.807) is 7.11 Å². The van der Waals surface area contributed by atoms with Crippen molar-refractivity contribution in [3.8, 4) is 5.75 Å². The molecule has 0 radical (unpaired) electrons. The molecule has 2 aromatic rings. The van der Waals surface area contributed by atoms with E-state index in [2.05, 4.69) is 47.0 Å². The molecule has 0 aliphatic heterocycles. The van der Waals surface area contributed by atoms with Crippen LogP contribution in [-0.2, 0) is 6.54 Å². The highest BCUT2D eigenvalue weighted by molar-refractivity contribution is 9.10. The lowest BCUT2D eigenvalue weighted by molar-refractivity contribution is 0.412. The van der Waals surface area contributed by atoms with E-state index >= 15 is 0 Å². The first-order valence-corrected chi connectivity index (χ1v) is 6.65. The van der Waals surface area contributed by atoms with Gasteiger partial charge < -0.3 is 4.74 Å². The van der Waals surface area contributed by atoms with Crippen molar-refractivity contribution in [1.29, 1.82) is 0 Å². The highest BCUT2D eigenvalue weighted by atomic mass is 79.9. The van der Waals surface area contributed by atoms with E-state index in [4.69, 9.17) is 4.74 Å². The number of hydrogen-bond acceptors (Lipinski definition) is 2. The Kier molecular flexibility index (Phi) is 3.76. The Hall–Kier alpha value is -1.29. The zero-order valence-corrected chi connectivity index (χ0v) is 12.7. The van der Waals surface area contributed by atoms with Gasteiger partial charge in [-0.15, -0.1) is 0 Å². The summed E-state index contributed by atoms with van der Waals surface area (Å²) in [7, 11) is 1.67. The lowest BCUT2D eigenvalue weighted by atomic mass is 10.2. The molecule has 18 heavy (non-hydrogen) atoms. The fourth-order valence-corrected chi connectivity index (χ4v) is 2.51. The number of nitrogens with zero attached hydrogens (tertiary/aromatic N) is 2. The molecule has 0 saturated carbocycles.